The van der Waals surface area contributed by atoms with Crippen LogP contribution in [-0.2, 0) is 14.3 Å². The average Bonchev–Trinajstić information content (AvgIpc) is 3.13. The maximum absolute atomic E-state index is 12.9. The number of hydrogen-bond donors (Lipinski definition) is 1. The monoisotopic (exact) mass is 377 g/mol. The van der Waals surface area contributed by atoms with E-state index in [2.05, 4.69) is 5.32 Å². The van der Waals surface area contributed by atoms with Crippen LogP contribution in [-0.4, -0.2) is 36.8 Å². The highest BCUT2D eigenvalue weighted by Crippen LogP contribution is 2.35. The lowest BCUT2D eigenvalue weighted by molar-refractivity contribution is -0.140. The Bertz CT molecular complexity index is 652. The maximum Gasteiger partial charge on any atom is 0.341 e. The van der Waals surface area contributed by atoms with Gasteiger partial charge < -0.3 is 19.5 Å². The van der Waals surface area contributed by atoms with Gasteiger partial charge in [-0.15, -0.1) is 0 Å². The third kappa shape index (κ3) is 5.22. The molecule has 6 nitrogen and oxygen atoms in total. The number of esters is 1. The van der Waals surface area contributed by atoms with Crippen LogP contribution in [0.25, 0.3) is 0 Å². The molecule has 1 atom stereocenters. The molecule has 1 aliphatic rings. The Morgan fingerprint density at radius 3 is 2.44 bits per heavy atom. The van der Waals surface area contributed by atoms with Crippen molar-refractivity contribution >= 4 is 17.6 Å². The van der Waals surface area contributed by atoms with Crippen molar-refractivity contribution in [2.75, 3.05) is 18.5 Å². The van der Waals surface area contributed by atoms with Gasteiger partial charge in [-0.3, -0.25) is 4.79 Å². The zero-order chi connectivity index (χ0) is 19.9. The summed E-state index contributed by atoms with van der Waals surface area (Å²) in [5, 5.41) is 2.91. The van der Waals surface area contributed by atoms with Crippen molar-refractivity contribution in [1.82, 2.24) is 0 Å². The predicted octanol–water partition coefficient (Wildman–Crippen LogP) is 4.33. The summed E-state index contributed by atoms with van der Waals surface area (Å²) >= 11 is 0. The first-order valence-electron chi connectivity index (χ1n) is 9.89. The Morgan fingerprint density at radius 2 is 1.85 bits per heavy atom. The number of anilines is 1. The van der Waals surface area contributed by atoms with Gasteiger partial charge in [0.2, 0.25) is 0 Å². The molecule has 27 heavy (non-hydrogen) atoms. The molecule has 1 aromatic carbocycles. The Labute approximate surface area is 161 Å². The van der Waals surface area contributed by atoms with Crippen LogP contribution in [0.1, 0.15) is 70.2 Å². The smallest absolute Gasteiger partial charge is 0.341 e. The number of carbonyl (C=O) groups is 2. The second-order valence-electron chi connectivity index (χ2n) is 6.86. The summed E-state index contributed by atoms with van der Waals surface area (Å²) in [5.41, 5.74) is 0.0717. The Balaban J connectivity index is 2.25. The van der Waals surface area contributed by atoms with Gasteiger partial charge in [0.05, 0.1) is 12.7 Å². The fraction of sp³-hybridized carbons (Fsp3) is 0.619. The van der Waals surface area contributed by atoms with E-state index in [1.54, 1.807) is 25.1 Å². The van der Waals surface area contributed by atoms with Crippen LogP contribution in [0.2, 0.25) is 0 Å². The average molecular weight is 377 g/mol. The second-order valence-corrected chi connectivity index (χ2v) is 6.86. The van der Waals surface area contributed by atoms with Gasteiger partial charge in [0, 0.05) is 12.3 Å². The molecule has 1 amide bonds. The van der Waals surface area contributed by atoms with Gasteiger partial charge in [-0.1, -0.05) is 6.92 Å². The molecule has 2 rings (SSSR count). The van der Waals surface area contributed by atoms with Gasteiger partial charge in [-0.2, -0.15) is 0 Å². The zero-order valence-electron chi connectivity index (χ0n) is 16.8. The van der Waals surface area contributed by atoms with Crippen molar-refractivity contribution < 1.29 is 23.8 Å². The normalized spacial score (nSPS) is 16.6. The van der Waals surface area contributed by atoms with Crippen molar-refractivity contribution in [1.29, 1.82) is 0 Å². The summed E-state index contributed by atoms with van der Waals surface area (Å²) in [7, 11) is 0. The van der Waals surface area contributed by atoms with E-state index < -0.39 is 11.6 Å². The van der Waals surface area contributed by atoms with E-state index in [1.807, 2.05) is 20.8 Å². The topological polar surface area (TPSA) is 73.9 Å². The lowest BCUT2D eigenvalue weighted by atomic mass is 10.0. The molecule has 150 valence electrons. The van der Waals surface area contributed by atoms with E-state index in [-0.39, 0.29) is 18.6 Å². The summed E-state index contributed by atoms with van der Waals surface area (Å²) in [4.78, 5) is 25.2. The number of rotatable bonds is 9. The van der Waals surface area contributed by atoms with Crippen LogP contribution < -0.4 is 10.1 Å². The van der Waals surface area contributed by atoms with E-state index >= 15 is 0 Å². The minimum Gasteiger partial charge on any atom is -0.490 e. The summed E-state index contributed by atoms with van der Waals surface area (Å²) < 4.78 is 16.8. The van der Waals surface area contributed by atoms with Crippen LogP contribution in [0.4, 0.5) is 5.69 Å². The Morgan fingerprint density at radius 1 is 1.15 bits per heavy atom. The molecule has 0 spiro atoms. The molecule has 0 bridgehead atoms. The summed E-state index contributed by atoms with van der Waals surface area (Å²) in [6.07, 6.45) is 4.17. The minimum absolute atomic E-state index is 0.0293. The van der Waals surface area contributed by atoms with Crippen molar-refractivity contribution in [3.63, 3.8) is 0 Å². The van der Waals surface area contributed by atoms with Crippen molar-refractivity contribution in [2.24, 2.45) is 0 Å². The predicted molar refractivity (Wildman–Crippen MR) is 104 cm³/mol. The van der Waals surface area contributed by atoms with Gasteiger partial charge in [-0.25, -0.2) is 4.79 Å². The van der Waals surface area contributed by atoms with Gasteiger partial charge in [0.25, 0.3) is 5.91 Å². The van der Waals surface area contributed by atoms with Crippen molar-refractivity contribution in [3.05, 3.63) is 23.8 Å². The number of carbonyl (C=O) groups excluding carboxylic acids is 2. The summed E-state index contributed by atoms with van der Waals surface area (Å²) in [5.74, 6) is -0.166. The molecule has 1 saturated carbocycles. The van der Waals surface area contributed by atoms with E-state index in [9.17, 15) is 9.59 Å². The van der Waals surface area contributed by atoms with Crippen LogP contribution >= 0.6 is 0 Å². The zero-order valence-corrected chi connectivity index (χ0v) is 16.8. The van der Waals surface area contributed by atoms with Crippen LogP contribution in [0.15, 0.2) is 18.2 Å². The molecule has 1 N–H and O–H groups in total. The minimum atomic E-state index is -0.773. The maximum atomic E-state index is 12.9. The highest BCUT2D eigenvalue weighted by molar-refractivity contribution is 6.00. The highest BCUT2D eigenvalue weighted by atomic mass is 16.5. The molecular weight excluding hydrogens is 346 g/mol. The van der Waals surface area contributed by atoms with Crippen LogP contribution in [0.5, 0.6) is 5.75 Å². The van der Waals surface area contributed by atoms with Crippen molar-refractivity contribution in [3.8, 4) is 5.75 Å². The molecule has 1 fully saturated rings. The third-order valence-corrected chi connectivity index (χ3v) is 4.88. The van der Waals surface area contributed by atoms with Gasteiger partial charge >= 0.3 is 5.97 Å². The van der Waals surface area contributed by atoms with Gasteiger partial charge in [0.15, 0.2) is 0 Å². The fourth-order valence-electron chi connectivity index (χ4n) is 3.28. The third-order valence-electron chi connectivity index (χ3n) is 4.88. The van der Waals surface area contributed by atoms with Crippen LogP contribution in [0.3, 0.4) is 0 Å². The first-order chi connectivity index (χ1) is 13.0. The van der Waals surface area contributed by atoms with E-state index in [4.69, 9.17) is 14.2 Å². The highest BCUT2D eigenvalue weighted by Gasteiger charge is 2.42. The van der Waals surface area contributed by atoms with Gasteiger partial charge in [0.1, 0.15) is 16.9 Å². The number of amides is 1. The molecule has 6 heteroatoms. The molecule has 0 radical (unpaired) electrons. The molecule has 1 aliphatic carbocycles. The molecule has 0 aliphatic heterocycles. The number of ether oxygens (including phenoxy) is 3. The lowest BCUT2D eigenvalue weighted by Gasteiger charge is -2.27. The molecule has 0 heterocycles. The molecule has 0 aromatic heterocycles. The quantitative estimate of drug-likeness (QED) is 0.649. The first kappa shape index (κ1) is 21.2. The number of hydrogen-bond acceptors (Lipinski definition) is 5. The lowest BCUT2D eigenvalue weighted by Crippen LogP contribution is -2.43. The van der Waals surface area contributed by atoms with Gasteiger partial charge in [-0.05, 0) is 71.1 Å². The van der Waals surface area contributed by atoms with E-state index in [0.717, 1.165) is 19.3 Å². The van der Waals surface area contributed by atoms with E-state index in [0.29, 0.717) is 36.4 Å². The van der Waals surface area contributed by atoms with Crippen LogP contribution in [0, 0.1) is 0 Å². The molecule has 1 unspecified atom stereocenters. The standard InChI is InChI=1S/C21H31NO5/c1-5-15(4)27-18-11-10-16(14-17(18)19(23)25-6-2)22-20(24)21(26-7-3)12-8-9-13-21/h10-11,14-15H,5-9,12-13H2,1-4H3,(H,22,24). The molecular formula is C21H31NO5. The van der Waals surface area contributed by atoms with Crippen molar-refractivity contribution in [2.45, 2.75) is 71.5 Å². The molecule has 1 aromatic rings. The second kappa shape index (κ2) is 9.74. The first-order valence-corrected chi connectivity index (χ1v) is 9.89. The number of benzene rings is 1. The SMILES string of the molecule is CCOC(=O)c1cc(NC(=O)C2(OCC)CCCC2)ccc1OC(C)CC. The Kier molecular flexibility index (Phi) is 7.66. The summed E-state index contributed by atoms with van der Waals surface area (Å²) in [6.45, 7) is 8.36. The summed E-state index contributed by atoms with van der Waals surface area (Å²) in [6, 6.07) is 5.06. The number of nitrogens with one attached hydrogen (secondary N) is 1. The Hall–Kier alpha value is -2.08. The fourth-order valence-corrected chi connectivity index (χ4v) is 3.28. The molecule has 0 saturated heterocycles. The largest absolute Gasteiger partial charge is 0.490 e. The van der Waals surface area contributed by atoms with E-state index in [1.165, 1.54) is 0 Å².